The van der Waals surface area contributed by atoms with Gasteiger partial charge in [-0.1, -0.05) is 31.2 Å². The van der Waals surface area contributed by atoms with Gasteiger partial charge in [0, 0.05) is 6.54 Å². The fourth-order valence-electron chi connectivity index (χ4n) is 2.02. The summed E-state index contributed by atoms with van der Waals surface area (Å²) >= 11 is 0. The normalized spacial score (nSPS) is 10.1. The number of rotatable bonds is 7. The van der Waals surface area contributed by atoms with Gasteiger partial charge < -0.3 is 15.4 Å². The lowest BCUT2D eigenvalue weighted by atomic mass is 10.1. The summed E-state index contributed by atoms with van der Waals surface area (Å²) in [5, 5.41) is 5.37. The van der Waals surface area contributed by atoms with E-state index in [4.69, 9.17) is 4.74 Å². The van der Waals surface area contributed by atoms with Gasteiger partial charge in [0.1, 0.15) is 0 Å². The van der Waals surface area contributed by atoms with Gasteiger partial charge in [-0.2, -0.15) is 0 Å². The Morgan fingerprint density at radius 1 is 1.08 bits per heavy atom. The number of hydrogen-bond donors (Lipinski definition) is 2. The molecule has 0 unspecified atom stereocenters. The van der Waals surface area contributed by atoms with Gasteiger partial charge in [0.2, 0.25) is 0 Å². The van der Waals surface area contributed by atoms with Crippen molar-refractivity contribution in [2.75, 3.05) is 18.5 Å². The number of nitrogens with one attached hydrogen (secondary N) is 2. The van der Waals surface area contributed by atoms with Crippen LogP contribution in [0.2, 0.25) is 0 Å². The van der Waals surface area contributed by atoms with Crippen LogP contribution in [0.5, 0.6) is 5.75 Å². The van der Waals surface area contributed by atoms with Crippen LogP contribution in [0.4, 0.5) is 10.1 Å². The minimum atomic E-state index is -0.537. The average Bonchev–Trinajstić information content (AvgIpc) is 2.59. The van der Waals surface area contributed by atoms with Crippen LogP contribution in [0.15, 0.2) is 48.5 Å². The predicted molar refractivity (Wildman–Crippen MR) is 89.6 cm³/mol. The smallest absolute Gasteiger partial charge is 0.262 e. The molecule has 0 aliphatic heterocycles. The topological polar surface area (TPSA) is 67.4 Å². The second kappa shape index (κ2) is 8.67. The van der Waals surface area contributed by atoms with E-state index < -0.39 is 11.7 Å². The molecule has 0 radical (unpaired) electrons. The van der Waals surface area contributed by atoms with E-state index in [1.54, 1.807) is 30.3 Å². The molecule has 0 saturated carbocycles. The fraction of sp³-hybridized carbons (Fsp3) is 0.222. The van der Waals surface area contributed by atoms with Gasteiger partial charge in [-0.05, 0) is 30.7 Å². The molecule has 126 valence electrons. The zero-order valence-corrected chi connectivity index (χ0v) is 13.3. The van der Waals surface area contributed by atoms with E-state index in [9.17, 15) is 14.0 Å². The van der Waals surface area contributed by atoms with Gasteiger partial charge in [-0.25, -0.2) is 4.39 Å². The van der Waals surface area contributed by atoms with E-state index in [-0.39, 0.29) is 18.3 Å². The molecule has 5 nitrogen and oxygen atoms in total. The molecule has 2 N–H and O–H groups in total. The Kier molecular flexibility index (Phi) is 6.31. The Morgan fingerprint density at radius 2 is 1.79 bits per heavy atom. The number of anilines is 1. The molecule has 2 amide bonds. The van der Waals surface area contributed by atoms with Crippen molar-refractivity contribution < 1.29 is 18.7 Å². The molecule has 24 heavy (non-hydrogen) atoms. The van der Waals surface area contributed by atoms with E-state index in [1.807, 2.05) is 6.92 Å². The first-order chi connectivity index (χ1) is 11.6. The number of hydrogen-bond acceptors (Lipinski definition) is 3. The van der Waals surface area contributed by atoms with E-state index in [0.29, 0.717) is 17.8 Å². The SMILES string of the molecule is CCCNC(=O)c1ccccc1NC(=O)COc1ccccc1F. The zero-order chi connectivity index (χ0) is 17.4. The van der Waals surface area contributed by atoms with E-state index >= 15 is 0 Å². The molecule has 0 aliphatic rings. The van der Waals surface area contributed by atoms with Gasteiger partial charge in [0.05, 0.1) is 11.3 Å². The monoisotopic (exact) mass is 330 g/mol. The van der Waals surface area contributed by atoms with E-state index in [0.717, 1.165) is 6.42 Å². The van der Waals surface area contributed by atoms with Gasteiger partial charge in [0.25, 0.3) is 11.8 Å². The third kappa shape index (κ3) is 4.81. The lowest BCUT2D eigenvalue weighted by Crippen LogP contribution is -2.27. The Hall–Kier alpha value is -2.89. The van der Waals surface area contributed by atoms with Crippen LogP contribution in [0.3, 0.4) is 0 Å². The quantitative estimate of drug-likeness (QED) is 0.820. The summed E-state index contributed by atoms with van der Waals surface area (Å²) in [5.74, 6) is -1.27. The second-order valence-electron chi connectivity index (χ2n) is 5.07. The van der Waals surface area contributed by atoms with Crippen LogP contribution in [0, 0.1) is 5.82 Å². The third-order valence-electron chi connectivity index (χ3n) is 3.18. The van der Waals surface area contributed by atoms with Crippen LogP contribution in [0.1, 0.15) is 23.7 Å². The Balaban J connectivity index is 1.99. The summed E-state index contributed by atoms with van der Waals surface area (Å²) in [6.45, 7) is 2.15. The minimum absolute atomic E-state index is 0.00150. The van der Waals surface area contributed by atoms with Crippen molar-refractivity contribution in [3.8, 4) is 5.75 Å². The molecule has 0 atom stereocenters. The summed E-state index contributed by atoms with van der Waals surface area (Å²) < 4.78 is 18.6. The Morgan fingerprint density at radius 3 is 2.54 bits per heavy atom. The summed E-state index contributed by atoms with van der Waals surface area (Å²) in [7, 11) is 0. The number of amides is 2. The Labute approximate surface area is 139 Å². The number of benzene rings is 2. The lowest BCUT2D eigenvalue weighted by Gasteiger charge is -2.12. The van der Waals surface area contributed by atoms with Crippen molar-refractivity contribution in [2.24, 2.45) is 0 Å². The largest absolute Gasteiger partial charge is 0.481 e. The van der Waals surface area contributed by atoms with Crippen LogP contribution in [-0.2, 0) is 4.79 Å². The van der Waals surface area contributed by atoms with Crippen LogP contribution in [0.25, 0.3) is 0 Å². The lowest BCUT2D eigenvalue weighted by molar-refractivity contribution is -0.118. The maximum atomic E-state index is 13.4. The highest BCUT2D eigenvalue weighted by atomic mass is 19.1. The van der Waals surface area contributed by atoms with Crippen molar-refractivity contribution in [2.45, 2.75) is 13.3 Å². The minimum Gasteiger partial charge on any atom is -0.481 e. The van der Waals surface area contributed by atoms with Crippen molar-refractivity contribution >= 4 is 17.5 Å². The Bertz CT molecular complexity index is 719. The molecule has 0 aromatic heterocycles. The molecule has 0 fully saturated rings. The number of halogens is 1. The molecule has 2 aromatic carbocycles. The van der Waals surface area contributed by atoms with Crippen molar-refractivity contribution in [3.05, 3.63) is 59.9 Å². The second-order valence-corrected chi connectivity index (χ2v) is 5.07. The number of carbonyl (C=O) groups excluding carboxylic acids is 2. The maximum absolute atomic E-state index is 13.4. The van der Waals surface area contributed by atoms with Crippen molar-refractivity contribution in [1.29, 1.82) is 0 Å². The number of ether oxygens (including phenoxy) is 1. The molecule has 0 spiro atoms. The highest BCUT2D eigenvalue weighted by Gasteiger charge is 2.13. The summed E-state index contributed by atoms with van der Waals surface area (Å²) in [4.78, 5) is 24.1. The zero-order valence-electron chi connectivity index (χ0n) is 13.3. The average molecular weight is 330 g/mol. The first kappa shape index (κ1) is 17.5. The van der Waals surface area contributed by atoms with E-state index in [2.05, 4.69) is 10.6 Å². The van der Waals surface area contributed by atoms with Crippen LogP contribution >= 0.6 is 0 Å². The molecular weight excluding hydrogens is 311 g/mol. The van der Waals surface area contributed by atoms with Crippen LogP contribution in [-0.4, -0.2) is 25.0 Å². The first-order valence-corrected chi connectivity index (χ1v) is 7.66. The maximum Gasteiger partial charge on any atom is 0.262 e. The van der Waals surface area contributed by atoms with Crippen molar-refractivity contribution in [3.63, 3.8) is 0 Å². The summed E-state index contributed by atoms with van der Waals surface area (Å²) in [6, 6.07) is 12.5. The van der Waals surface area contributed by atoms with Gasteiger partial charge in [-0.15, -0.1) is 0 Å². The van der Waals surface area contributed by atoms with Gasteiger partial charge in [0.15, 0.2) is 18.2 Å². The first-order valence-electron chi connectivity index (χ1n) is 7.66. The number of carbonyl (C=O) groups is 2. The standard InChI is InChI=1S/C18H19FN2O3/c1-2-11-20-18(23)13-7-3-5-9-15(13)21-17(22)12-24-16-10-6-4-8-14(16)19/h3-10H,2,11-12H2,1H3,(H,20,23)(H,21,22). The van der Waals surface area contributed by atoms with E-state index in [1.165, 1.54) is 18.2 Å². The molecule has 2 aromatic rings. The highest BCUT2D eigenvalue weighted by molar-refractivity contribution is 6.04. The predicted octanol–water partition coefficient (Wildman–Crippen LogP) is 2.98. The fourth-order valence-corrected chi connectivity index (χ4v) is 2.02. The highest BCUT2D eigenvalue weighted by Crippen LogP contribution is 2.17. The van der Waals surface area contributed by atoms with Gasteiger partial charge >= 0.3 is 0 Å². The van der Waals surface area contributed by atoms with Gasteiger partial charge in [-0.3, -0.25) is 9.59 Å². The third-order valence-corrected chi connectivity index (χ3v) is 3.18. The van der Waals surface area contributed by atoms with Crippen molar-refractivity contribution in [1.82, 2.24) is 5.32 Å². The molecular formula is C18H19FN2O3. The molecule has 6 heteroatoms. The molecule has 2 rings (SSSR count). The molecule has 0 saturated heterocycles. The molecule has 0 bridgehead atoms. The molecule has 0 heterocycles. The summed E-state index contributed by atoms with van der Waals surface area (Å²) in [6.07, 6.45) is 0.816. The number of para-hydroxylation sites is 2. The van der Waals surface area contributed by atoms with Crippen LogP contribution < -0.4 is 15.4 Å². The summed E-state index contributed by atoms with van der Waals surface area (Å²) in [5.41, 5.74) is 0.749. The molecule has 0 aliphatic carbocycles.